The SMILES string of the molecule is CC1(C)CCCC(c2nnc(C(C)(C)F)nc2C(=O)O)CCC1. The molecule has 0 amide bonds. The van der Waals surface area contributed by atoms with E-state index in [0.29, 0.717) is 11.1 Å². The lowest BCUT2D eigenvalue weighted by atomic mass is 9.76. The van der Waals surface area contributed by atoms with Crippen LogP contribution in [0.2, 0.25) is 0 Å². The molecular weight excluding hydrogens is 297 g/mol. The van der Waals surface area contributed by atoms with Crippen LogP contribution in [0.1, 0.15) is 94.1 Å². The van der Waals surface area contributed by atoms with E-state index in [0.717, 1.165) is 38.5 Å². The quantitative estimate of drug-likeness (QED) is 0.900. The molecular formula is C17H26FN3O2. The third kappa shape index (κ3) is 4.45. The van der Waals surface area contributed by atoms with E-state index < -0.39 is 11.6 Å². The van der Waals surface area contributed by atoms with Gasteiger partial charge in [0.1, 0.15) is 0 Å². The molecule has 0 spiro atoms. The highest BCUT2D eigenvalue weighted by molar-refractivity contribution is 5.86. The fourth-order valence-electron chi connectivity index (χ4n) is 3.22. The summed E-state index contributed by atoms with van der Waals surface area (Å²) in [6, 6.07) is 0. The number of rotatable bonds is 3. The minimum atomic E-state index is -1.80. The fraction of sp³-hybridized carbons (Fsp3) is 0.765. The summed E-state index contributed by atoms with van der Waals surface area (Å²) in [5.74, 6) is -1.30. The van der Waals surface area contributed by atoms with Gasteiger partial charge in [0.15, 0.2) is 17.2 Å². The Morgan fingerprint density at radius 3 is 2.26 bits per heavy atom. The molecule has 0 aromatic carbocycles. The number of halogens is 1. The second-order valence-corrected chi connectivity index (χ2v) is 7.79. The van der Waals surface area contributed by atoms with Gasteiger partial charge in [-0.3, -0.25) is 0 Å². The second-order valence-electron chi connectivity index (χ2n) is 7.79. The van der Waals surface area contributed by atoms with Gasteiger partial charge in [0.05, 0.1) is 5.69 Å². The second kappa shape index (κ2) is 6.49. The first-order chi connectivity index (χ1) is 10.6. The fourth-order valence-corrected chi connectivity index (χ4v) is 3.22. The first-order valence-electron chi connectivity index (χ1n) is 8.27. The van der Waals surface area contributed by atoms with Crippen LogP contribution in [0.3, 0.4) is 0 Å². The van der Waals surface area contributed by atoms with Crippen LogP contribution < -0.4 is 0 Å². The topological polar surface area (TPSA) is 76.0 Å². The average molecular weight is 323 g/mol. The van der Waals surface area contributed by atoms with Crippen molar-refractivity contribution in [3.8, 4) is 0 Å². The Bertz CT molecular complexity index is 570. The van der Waals surface area contributed by atoms with Crippen molar-refractivity contribution in [2.45, 2.75) is 77.8 Å². The van der Waals surface area contributed by atoms with Crippen molar-refractivity contribution in [3.63, 3.8) is 0 Å². The van der Waals surface area contributed by atoms with Crippen molar-refractivity contribution in [1.82, 2.24) is 15.2 Å². The van der Waals surface area contributed by atoms with E-state index in [-0.39, 0.29) is 17.4 Å². The van der Waals surface area contributed by atoms with Crippen molar-refractivity contribution in [2.75, 3.05) is 0 Å². The molecule has 0 radical (unpaired) electrons. The average Bonchev–Trinajstić information content (AvgIpc) is 2.41. The van der Waals surface area contributed by atoms with Gasteiger partial charge in [0, 0.05) is 5.92 Å². The van der Waals surface area contributed by atoms with E-state index in [1.165, 1.54) is 13.8 Å². The monoisotopic (exact) mass is 323 g/mol. The van der Waals surface area contributed by atoms with Gasteiger partial charge in [-0.05, 0) is 44.9 Å². The molecule has 23 heavy (non-hydrogen) atoms. The molecule has 0 aliphatic heterocycles. The maximum atomic E-state index is 14.0. The zero-order valence-electron chi connectivity index (χ0n) is 14.4. The molecule has 0 atom stereocenters. The van der Waals surface area contributed by atoms with Gasteiger partial charge in [-0.25, -0.2) is 14.2 Å². The van der Waals surface area contributed by atoms with Crippen LogP contribution in [0.4, 0.5) is 4.39 Å². The third-order valence-electron chi connectivity index (χ3n) is 4.65. The smallest absolute Gasteiger partial charge is 0.356 e. The van der Waals surface area contributed by atoms with Crippen LogP contribution in [-0.2, 0) is 5.67 Å². The van der Waals surface area contributed by atoms with Crippen molar-refractivity contribution < 1.29 is 14.3 Å². The first kappa shape index (κ1) is 17.8. The molecule has 1 aromatic rings. The molecule has 0 saturated heterocycles. The summed E-state index contributed by atoms with van der Waals surface area (Å²) in [7, 11) is 0. The van der Waals surface area contributed by atoms with E-state index in [1.54, 1.807) is 0 Å². The summed E-state index contributed by atoms with van der Waals surface area (Å²) in [5.41, 5.74) is -1.20. The summed E-state index contributed by atoms with van der Waals surface area (Å²) in [6.45, 7) is 7.14. The lowest BCUT2D eigenvalue weighted by Gasteiger charge is -2.29. The Morgan fingerprint density at radius 2 is 1.78 bits per heavy atom. The van der Waals surface area contributed by atoms with Gasteiger partial charge in [-0.2, -0.15) is 5.10 Å². The summed E-state index contributed by atoms with van der Waals surface area (Å²) >= 11 is 0. The van der Waals surface area contributed by atoms with E-state index >= 15 is 0 Å². The largest absolute Gasteiger partial charge is 0.476 e. The standard InChI is InChI=1S/C17H26FN3O2/c1-16(2)9-5-7-11(8-6-10-16)12-13(14(22)23)19-15(21-20-12)17(3,4)18/h11H,5-10H2,1-4H3,(H,22,23). The van der Waals surface area contributed by atoms with Crippen molar-refractivity contribution in [2.24, 2.45) is 5.41 Å². The maximum absolute atomic E-state index is 14.0. The highest BCUT2D eigenvalue weighted by Gasteiger charge is 2.30. The number of nitrogens with zero attached hydrogens (tertiary/aromatic N) is 3. The van der Waals surface area contributed by atoms with Gasteiger partial charge in [-0.15, -0.1) is 5.10 Å². The van der Waals surface area contributed by atoms with Crippen molar-refractivity contribution >= 4 is 5.97 Å². The molecule has 0 bridgehead atoms. The van der Waals surface area contributed by atoms with E-state index in [2.05, 4.69) is 29.0 Å². The molecule has 1 aliphatic carbocycles. The first-order valence-corrected chi connectivity index (χ1v) is 8.27. The third-order valence-corrected chi connectivity index (χ3v) is 4.65. The van der Waals surface area contributed by atoms with E-state index in [9.17, 15) is 14.3 Å². The molecule has 0 unspecified atom stereocenters. The summed E-state index contributed by atoms with van der Waals surface area (Å²) in [5, 5.41) is 17.4. The molecule has 2 rings (SSSR count). The zero-order chi connectivity index (χ0) is 17.3. The summed E-state index contributed by atoms with van der Waals surface area (Å²) < 4.78 is 14.0. The minimum Gasteiger partial charge on any atom is -0.476 e. The Kier molecular flexibility index (Phi) is 5.01. The molecule has 1 saturated carbocycles. The number of hydrogen-bond acceptors (Lipinski definition) is 4. The minimum absolute atomic E-state index is 0.0361. The lowest BCUT2D eigenvalue weighted by Crippen LogP contribution is -2.23. The number of carboxylic acid groups (broad SMARTS) is 1. The zero-order valence-corrected chi connectivity index (χ0v) is 14.4. The van der Waals surface area contributed by atoms with Crippen molar-refractivity contribution in [3.05, 3.63) is 17.2 Å². The molecule has 1 heterocycles. The Morgan fingerprint density at radius 1 is 1.22 bits per heavy atom. The van der Waals surface area contributed by atoms with Crippen LogP contribution in [-0.4, -0.2) is 26.3 Å². The molecule has 6 heteroatoms. The molecule has 128 valence electrons. The van der Waals surface area contributed by atoms with Crippen molar-refractivity contribution in [1.29, 1.82) is 0 Å². The molecule has 5 nitrogen and oxygen atoms in total. The van der Waals surface area contributed by atoms with Crippen LogP contribution in [0, 0.1) is 5.41 Å². The molecule has 1 N–H and O–H groups in total. The Hall–Kier alpha value is -1.59. The number of carboxylic acids is 1. The molecule has 1 aliphatic rings. The molecule has 1 fully saturated rings. The maximum Gasteiger partial charge on any atom is 0.356 e. The number of alkyl halides is 1. The van der Waals surface area contributed by atoms with Gasteiger partial charge < -0.3 is 5.11 Å². The predicted molar refractivity (Wildman–Crippen MR) is 85.1 cm³/mol. The van der Waals surface area contributed by atoms with E-state index in [4.69, 9.17) is 0 Å². The van der Waals surface area contributed by atoms with Gasteiger partial charge in [0.2, 0.25) is 0 Å². The van der Waals surface area contributed by atoms with Crippen LogP contribution in [0.25, 0.3) is 0 Å². The number of hydrogen-bond donors (Lipinski definition) is 1. The summed E-state index contributed by atoms with van der Waals surface area (Å²) in [6.07, 6.45) is 6.02. The highest BCUT2D eigenvalue weighted by Crippen LogP contribution is 2.38. The lowest BCUT2D eigenvalue weighted by molar-refractivity contribution is 0.0684. The summed E-state index contributed by atoms with van der Waals surface area (Å²) in [4.78, 5) is 15.5. The number of carbonyl (C=O) groups is 1. The Labute approximate surface area is 136 Å². The van der Waals surface area contributed by atoms with Crippen LogP contribution in [0.15, 0.2) is 0 Å². The van der Waals surface area contributed by atoms with Gasteiger partial charge in [0.25, 0.3) is 0 Å². The van der Waals surface area contributed by atoms with Crippen LogP contribution in [0.5, 0.6) is 0 Å². The van der Waals surface area contributed by atoms with E-state index in [1.807, 2.05) is 0 Å². The normalized spacial score (nSPS) is 19.9. The molecule has 1 aromatic heterocycles. The number of aromatic nitrogens is 3. The predicted octanol–water partition coefficient (Wildman–Crippen LogP) is 4.24. The van der Waals surface area contributed by atoms with Crippen LogP contribution >= 0.6 is 0 Å². The van der Waals surface area contributed by atoms with Gasteiger partial charge in [-0.1, -0.05) is 26.7 Å². The van der Waals surface area contributed by atoms with Gasteiger partial charge >= 0.3 is 5.97 Å². The Balaban J connectivity index is 2.29. The number of aromatic carboxylic acids is 1. The highest BCUT2D eigenvalue weighted by atomic mass is 19.1.